The summed E-state index contributed by atoms with van der Waals surface area (Å²) in [6.07, 6.45) is -2.39. The van der Waals surface area contributed by atoms with Gasteiger partial charge in [0.05, 0.1) is 5.92 Å². The van der Waals surface area contributed by atoms with E-state index in [9.17, 15) is 8.78 Å². The summed E-state index contributed by atoms with van der Waals surface area (Å²) < 4.78 is 26.5. The number of hydrogen-bond acceptors (Lipinski definition) is 0. The number of rotatable bonds is 3. The van der Waals surface area contributed by atoms with Crippen molar-refractivity contribution < 1.29 is 8.78 Å². The van der Waals surface area contributed by atoms with Crippen LogP contribution in [0.25, 0.3) is 0 Å². The molecule has 2 rings (SSSR count). The summed E-state index contributed by atoms with van der Waals surface area (Å²) in [7, 11) is 0. The lowest BCUT2D eigenvalue weighted by Gasteiger charge is -2.17. The first-order chi connectivity index (χ1) is 8.58. The second-order valence-electron chi connectivity index (χ2n) is 4.63. The molecular formula is C16H16F2. The molecular weight excluding hydrogens is 230 g/mol. The highest BCUT2D eigenvalue weighted by Gasteiger charge is 2.24. The third-order valence-electron chi connectivity index (χ3n) is 3.12. The zero-order valence-corrected chi connectivity index (χ0v) is 10.5. The molecule has 0 aliphatic heterocycles. The van der Waals surface area contributed by atoms with Crippen molar-refractivity contribution in [3.63, 3.8) is 0 Å². The normalized spacial score (nSPS) is 11.2. The van der Waals surface area contributed by atoms with Gasteiger partial charge in [-0.25, -0.2) is 8.78 Å². The molecule has 0 bridgehead atoms. The SMILES string of the molecule is Cc1ccc(C(c2ccc(C)cc2)C(F)F)cc1. The quantitative estimate of drug-likeness (QED) is 0.736. The summed E-state index contributed by atoms with van der Waals surface area (Å²) >= 11 is 0. The molecule has 0 N–H and O–H groups in total. The van der Waals surface area contributed by atoms with Crippen LogP contribution in [0.1, 0.15) is 28.2 Å². The second kappa shape index (κ2) is 5.30. The average Bonchev–Trinajstić information content (AvgIpc) is 2.34. The molecule has 0 atom stereocenters. The van der Waals surface area contributed by atoms with Crippen LogP contribution in [0.4, 0.5) is 8.78 Å². The first-order valence-electron chi connectivity index (χ1n) is 5.99. The fraction of sp³-hybridized carbons (Fsp3) is 0.250. The highest BCUT2D eigenvalue weighted by atomic mass is 19.3. The van der Waals surface area contributed by atoms with E-state index >= 15 is 0 Å². The van der Waals surface area contributed by atoms with Crippen molar-refractivity contribution in [2.45, 2.75) is 26.2 Å². The third-order valence-corrected chi connectivity index (χ3v) is 3.12. The minimum atomic E-state index is -2.39. The molecule has 18 heavy (non-hydrogen) atoms. The highest BCUT2D eigenvalue weighted by Crippen LogP contribution is 2.31. The van der Waals surface area contributed by atoms with Crippen molar-refractivity contribution in [1.82, 2.24) is 0 Å². The molecule has 2 aromatic rings. The van der Waals surface area contributed by atoms with Crippen LogP contribution in [0.3, 0.4) is 0 Å². The van der Waals surface area contributed by atoms with Crippen molar-refractivity contribution in [2.75, 3.05) is 0 Å². The zero-order valence-electron chi connectivity index (χ0n) is 10.5. The van der Waals surface area contributed by atoms with E-state index in [0.29, 0.717) is 11.1 Å². The van der Waals surface area contributed by atoms with Gasteiger partial charge >= 0.3 is 0 Å². The summed E-state index contributed by atoms with van der Waals surface area (Å²) in [4.78, 5) is 0. The van der Waals surface area contributed by atoms with Gasteiger partial charge in [-0.05, 0) is 25.0 Å². The zero-order chi connectivity index (χ0) is 13.1. The van der Waals surface area contributed by atoms with E-state index in [2.05, 4.69) is 0 Å². The van der Waals surface area contributed by atoms with E-state index in [4.69, 9.17) is 0 Å². The maximum atomic E-state index is 13.3. The van der Waals surface area contributed by atoms with Gasteiger partial charge in [-0.3, -0.25) is 0 Å². The Kier molecular flexibility index (Phi) is 3.75. The molecule has 2 heteroatoms. The Morgan fingerprint density at radius 1 is 0.667 bits per heavy atom. The largest absolute Gasteiger partial charge is 0.249 e. The topological polar surface area (TPSA) is 0 Å². The molecule has 0 saturated heterocycles. The Balaban J connectivity index is 2.39. The minimum absolute atomic E-state index is 0.666. The maximum Gasteiger partial charge on any atom is 0.249 e. The van der Waals surface area contributed by atoms with Gasteiger partial charge in [0.2, 0.25) is 6.43 Å². The standard InChI is InChI=1S/C16H16F2/c1-11-3-7-13(8-4-11)15(16(17)18)14-9-5-12(2)6-10-14/h3-10,15-16H,1-2H3. The van der Waals surface area contributed by atoms with E-state index in [0.717, 1.165) is 11.1 Å². The monoisotopic (exact) mass is 246 g/mol. The fourth-order valence-electron chi connectivity index (χ4n) is 2.03. The van der Waals surface area contributed by atoms with E-state index in [1.807, 2.05) is 38.1 Å². The molecule has 0 heterocycles. The van der Waals surface area contributed by atoms with Crippen LogP contribution in [-0.4, -0.2) is 6.43 Å². The lowest BCUT2D eigenvalue weighted by atomic mass is 9.91. The van der Waals surface area contributed by atoms with Crippen molar-refractivity contribution >= 4 is 0 Å². The van der Waals surface area contributed by atoms with Gasteiger partial charge in [0, 0.05) is 0 Å². The summed E-state index contributed by atoms with van der Waals surface area (Å²) in [5, 5.41) is 0. The number of alkyl halides is 2. The lowest BCUT2D eigenvalue weighted by molar-refractivity contribution is 0.129. The molecule has 0 amide bonds. The number of benzene rings is 2. The maximum absolute atomic E-state index is 13.3. The van der Waals surface area contributed by atoms with Crippen LogP contribution in [0.5, 0.6) is 0 Å². The van der Waals surface area contributed by atoms with Crippen LogP contribution in [0, 0.1) is 13.8 Å². The first-order valence-corrected chi connectivity index (χ1v) is 5.99. The molecule has 0 aliphatic rings. The van der Waals surface area contributed by atoms with E-state index in [1.54, 1.807) is 24.3 Å². The van der Waals surface area contributed by atoms with Gasteiger partial charge in [-0.15, -0.1) is 0 Å². The van der Waals surface area contributed by atoms with Crippen LogP contribution in [-0.2, 0) is 0 Å². The van der Waals surface area contributed by atoms with Crippen molar-refractivity contribution in [3.8, 4) is 0 Å². The van der Waals surface area contributed by atoms with Gasteiger partial charge in [0.1, 0.15) is 0 Å². The molecule has 2 aromatic carbocycles. The molecule has 0 aromatic heterocycles. The molecule has 0 radical (unpaired) electrons. The van der Waals surface area contributed by atoms with Gasteiger partial charge in [-0.1, -0.05) is 59.7 Å². The first kappa shape index (κ1) is 12.7. The molecule has 0 spiro atoms. The Hall–Kier alpha value is -1.70. The van der Waals surface area contributed by atoms with Gasteiger partial charge < -0.3 is 0 Å². The minimum Gasteiger partial charge on any atom is -0.209 e. The highest BCUT2D eigenvalue weighted by molar-refractivity contribution is 5.35. The number of aryl methyl sites for hydroxylation is 2. The van der Waals surface area contributed by atoms with Crippen molar-refractivity contribution in [3.05, 3.63) is 70.8 Å². The predicted molar refractivity (Wildman–Crippen MR) is 70.2 cm³/mol. The molecule has 0 unspecified atom stereocenters. The summed E-state index contributed by atoms with van der Waals surface area (Å²) in [5.41, 5.74) is 3.49. The van der Waals surface area contributed by atoms with Gasteiger partial charge in [0.15, 0.2) is 0 Å². The molecule has 0 saturated carbocycles. The number of halogens is 2. The lowest BCUT2D eigenvalue weighted by Crippen LogP contribution is -2.10. The van der Waals surface area contributed by atoms with Crippen LogP contribution < -0.4 is 0 Å². The van der Waals surface area contributed by atoms with Crippen LogP contribution in [0.2, 0.25) is 0 Å². The fourth-order valence-corrected chi connectivity index (χ4v) is 2.03. The van der Waals surface area contributed by atoms with Gasteiger partial charge in [-0.2, -0.15) is 0 Å². The van der Waals surface area contributed by atoms with Gasteiger partial charge in [0.25, 0.3) is 0 Å². The molecule has 0 aliphatic carbocycles. The summed E-state index contributed by atoms with van der Waals surface area (Å²) in [5.74, 6) is -0.841. The van der Waals surface area contributed by atoms with Crippen molar-refractivity contribution in [1.29, 1.82) is 0 Å². The Labute approximate surface area is 106 Å². The van der Waals surface area contributed by atoms with Crippen molar-refractivity contribution in [2.24, 2.45) is 0 Å². The molecule has 0 fully saturated rings. The Morgan fingerprint density at radius 3 is 1.28 bits per heavy atom. The third kappa shape index (κ3) is 2.76. The molecule has 94 valence electrons. The van der Waals surface area contributed by atoms with E-state index in [1.165, 1.54) is 0 Å². The van der Waals surface area contributed by atoms with Crippen LogP contribution >= 0.6 is 0 Å². The van der Waals surface area contributed by atoms with E-state index in [-0.39, 0.29) is 0 Å². The second-order valence-corrected chi connectivity index (χ2v) is 4.63. The number of hydrogen-bond donors (Lipinski definition) is 0. The Bertz CT molecular complexity index is 452. The predicted octanol–water partition coefficient (Wildman–Crippen LogP) is 4.70. The Morgan fingerprint density at radius 2 is 1.00 bits per heavy atom. The average molecular weight is 246 g/mol. The smallest absolute Gasteiger partial charge is 0.209 e. The molecule has 0 nitrogen and oxygen atoms in total. The summed E-state index contributed by atoms with van der Waals surface area (Å²) in [6.45, 7) is 3.90. The summed E-state index contributed by atoms with van der Waals surface area (Å²) in [6, 6.07) is 14.6. The van der Waals surface area contributed by atoms with E-state index < -0.39 is 12.3 Å². The van der Waals surface area contributed by atoms with Crippen LogP contribution in [0.15, 0.2) is 48.5 Å².